The van der Waals surface area contributed by atoms with Crippen molar-refractivity contribution in [3.05, 3.63) is 56.8 Å². The molecule has 0 amide bonds. The Labute approximate surface area is 144 Å². The number of nitrogens with one attached hydrogen (secondary N) is 2. The second-order valence-electron chi connectivity index (χ2n) is 5.13. The summed E-state index contributed by atoms with van der Waals surface area (Å²) in [4.78, 5) is 13.6. The van der Waals surface area contributed by atoms with Crippen LogP contribution in [-0.4, -0.2) is 35.6 Å². The highest BCUT2D eigenvalue weighted by Gasteiger charge is 2.15. The van der Waals surface area contributed by atoms with Crippen molar-refractivity contribution in [2.45, 2.75) is 6.04 Å². The molecule has 0 spiro atoms. The molecule has 2 rings (SSSR count). The summed E-state index contributed by atoms with van der Waals surface area (Å²) >= 11 is 6.99. The first-order valence-electron chi connectivity index (χ1n) is 6.96. The third-order valence-corrected chi connectivity index (χ3v) is 4.51. The Morgan fingerprint density at radius 2 is 2.04 bits per heavy atom. The van der Waals surface area contributed by atoms with Crippen molar-refractivity contribution in [1.29, 1.82) is 0 Å². The van der Waals surface area contributed by atoms with E-state index in [1.54, 1.807) is 23.5 Å². The van der Waals surface area contributed by atoms with Gasteiger partial charge in [0.05, 0.1) is 11.0 Å². The van der Waals surface area contributed by atoms with Crippen LogP contribution >= 0.6 is 23.6 Å². The molecule has 1 heterocycles. The Hall–Kier alpha value is -2.03. The number of rotatable bonds is 6. The fraction of sp³-hybridized carbons (Fsp3) is 0.267. The van der Waals surface area contributed by atoms with E-state index in [9.17, 15) is 10.1 Å². The van der Waals surface area contributed by atoms with Gasteiger partial charge in [0, 0.05) is 29.2 Å². The standard InChI is InChI=1S/C15H18N4O2S2/c1-18(2)13(14-4-3-9-23-14)10-16-15(22)17-11-5-7-12(8-6-11)19(20)21/h3-9,13H,10H2,1-2H3,(H2,16,17,22). The van der Waals surface area contributed by atoms with Crippen LogP contribution in [-0.2, 0) is 0 Å². The van der Waals surface area contributed by atoms with Gasteiger partial charge in [-0.3, -0.25) is 10.1 Å². The predicted molar refractivity (Wildman–Crippen MR) is 98.1 cm³/mol. The van der Waals surface area contributed by atoms with Gasteiger partial charge in [-0.25, -0.2) is 0 Å². The Morgan fingerprint density at radius 3 is 2.57 bits per heavy atom. The minimum atomic E-state index is -0.428. The largest absolute Gasteiger partial charge is 0.360 e. The molecule has 1 aromatic heterocycles. The van der Waals surface area contributed by atoms with Crippen LogP contribution in [0.25, 0.3) is 0 Å². The molecule has 1 atom stereocenters. The Morgan fingerprint density at radius 1 is 1.35 bits per heavy atom. The molecule has 1 aromatic carbocycles. The second kappa shape index (κ2) is 8.00. The molecule has 122 valence electrons. The van der Waals surface area contributed by atoms with Crippen LogP contribution in [0.1, 0.15) is 10.9 Å². The number of nitro groups is 1. The third-order valence-electron chi connectivity index (χ3n) is 3.29. The van der Waals surface area contributed by atoms with E-state index in [4.69, 9.17) is 12.2 Å². The van der Waals surface area contributed by atoms with Crippen LogP contribution in [0.4, 0.5) is 11.4 Å². The van der Waals surface area contributed by atoms with Gasteiger partial charge in [0.15, 0.2) is 5.11 Å². The molecule has 2 aromatic rings. The number of thiocarbonyl (C=S) groups is 1. The molecule has 0 saturated carbocycles. The number of non-ortho nitro benzene ring substituents is 1. The summed E-state index contributed by atoms with van der Waals surface area (Å²) in [5.74, 6) is 0. The number of anilines is 1. The van der Waals surface area contributed by atoms with Gasteiger partial charge in [0.1, 0.15) is 0 Å². The average Bonchev–Trinajstić information content (AvgIpc) is 3.01. The van der Waals surface area contributed by atoms with Crippen LogP contribution in [0.3, 0.4) is 0 Å². The molecule has 0 fully saturated rings. The predicted octanol–water partition coefficient (Wildman–Crippen LogP) is 3.25. The van der Waals surface area contributed by atoms with Gasteiger partial charge in [-0.1, -0.05) is 6.07 Å². The van der Waals surface area contributed by atoms with E-state index >= 15 is 0 Å². The normalized spacial score (nSPS) is 12.0. The van der Waals surface area contributed by atoms with Gasteiger partial charge in [-0.15, -0.1) is 11.3 Å². The number of nitrogens with zero attached hydrogens (tertiary/aromatic N) is 2. The molecule has 1 unspecified atom stereocenters. The molecular weight excluding hydrogens is 332 g/mol. The first-order valence-corrected chi connectivity index (χ1v) is 8.25. The zero-order valence-electron chi connectivity index (χ0n) is 12.9. The third kappa shape index (κ3) is 4.98. The highest BCUT2D eigenvalue weighted by Crippen LogP contribution is 2.22. The van der Waals surface area contributed by atoms with Gasteiger partial charge in [-0.05, 0) is 49.9 Å². The van der Waals surface area contributed by atoms with Gasteiger partial charge in [0.25, 0.3) is 5.69 Å². The second-order valence-corrected chi connectivity index (χ2v) is 6.52. The summed E-state index contributed by atoms with van der Waals surface area (Å²) in [6, 6.07) is 10.5. The fourth-order valence-corrected chi connectivity index (χ4v) is 3.17. The van der Waals surface area contributed by atoms with Crippen LogP contribution in [0.15, 0.2) is 41.8 Å². The minimum absolute atomic E-state index is 0.0554. The number of hydrogen-bond donors (Lipinski definition) is 2. The van der Waals surface area contributed by atoms with Gasteiger partial charge < -0.3 is 15.5 Å². The zero-order valence-corrected chi connectivity index (χ0v) is 14.5. The lowest BCUT2D eigenvalue weighted by Gasteiger charge is -2.24. The van der Waals surface area contributed by atoms with Gasteiger partial charge in [-0.2, -0.15) is 0 Å². The molecule has 0 aliphatic heterocycles. The summed E-state index contributed by atoms with van der Waals surface area (Å²) in [6.45, 7) is 0.673. The smallest absolute Gasteiger partial charge is 0.269 e. The first kappa shape index (κ1) is 17.3. The van der Waals surface area contributed by atoms with E-state index < -0.39 is 4.92 Å². The molecule has 0 aliphatic rings. The van der Waals surface area contributed by atoms with Crippen molar-refractivity contribution >= 4 is 40.0 Å². The number of likely N-dealkylation sites (N-methyl/N-ethyl adjacent to an activating group) is 1. The zero-order chi connectivity index (χ0) is 16.8. The molecule has 6 nitrogen and oxygen atoms in total. The molecule has 23 heavy (non-hydrogen) atoms. The highest BCUT2D eigenvalue weighted by molar-refractivity contribution is 7.80. The molecule has 0 bridgehead atoms. The maximum absolute atomic E-state index is 10.6. The molecular formula is C15H18N4O2S2. The van der Waals surface area contributed by atoms with Crippen LogP contribution in [0.2, 0.25) is 0 Å². The van der Waals surface area contributed by atoms with Crippen LogP contribution in [0.5, 0.6) is 0 Å². The lowest BCUT2D eigenvalue weighted by Crippen LogP contribution is -2.36. The molecule has 0 aliphatic carbocycles. The summed E-state index contributed by atoms with van der Waals surface area (Å²) in [7, 11) is 4.05. The van der Waals surface area contributed by atoms with Gasteiger partial charge in [0.2, 0.25) is 0 Å². The van der Waals surface area contributed by atoms with Crippen molar-refractivity contribution in [2.24, 2.45) is 0 Å². The minimum Gasteiger partial charge on any atom is -0.360 e. The highest BCUT2D eigenvalue weighted by atomic mass is 32.1. The molecule has 0 radical (unpaired) electrons. The lowest BCUT2D eigenvalue weighted by atomic mass is 10.2. The SMILES string of the molecule is CN(C)C(CNC(=S)Nc1ccc([N+](=O)[O-])cc1)c1cccs1. The van der Waals surface area contributed by atoms with Crippen molar-refractivity contribution in [3.8, 4) is 0 Å². The summed E-state index contributed by atoms with van der Waals surface area (Å²) in [6.07, 6.45) is 0. The lowest BCUT2D eigenvalue weighted by molar-refractivity contribution is -0.384. The van der Waals surface area contributed by atoms with Gasteiger partial charge >= 0.3 is 0 Å². The van der Waals surface area contributed by atoms with E-state index in [0.29, 0.717) is 17.3 Å². The molecule has 2 N–H and O–H groups in total. The number of hydrogen-bond acceptors (Lipinski definition) is 5. The van der Waals surface area contributed by atoms with Crippen molar-refractivity contribution in [1.82, 2.24) is 10.2 Å². The van der Waals surface area contributed by atoms with Crippen LogP contribution in [0, 0.1) is 10.1 Å². The Balaban J connectivity index is 1.90. The van der Waals surface area contributed by atoms with Crippen LogP contribution < -0.4 is 10.6 Å². The summed E-state index contributed by atoms with van der Waals surface area (Å²) in [5.41, 5.74) is 0.769. The van der Waals surface area contributed by atoms with E-state index in [0.717, 1.165) is 0 Å². The Bertz CT molecular complexity index is 657. The summed E-state index contributed by atoms with van der Waals surface area (Å²) in [5, 5.41) is 19.4. The molecule has 8 heteroatoms. The molecule has 0 saturated heterocycles. The maximum Gasteiger partial charge on any atom is 0.269 e. The first-order chi connectivity index (χ1) is 11.0. The van der Waals surface area contributed by atoms with Crippen molar-refractivity contribution in [3.63, 3.8) is 0 Å². The maximum atomic E-state index is 10.6. The average molecular weight is 350 g/mol. The Kier molecular flexibility index (Phi) is 6.03. The number of benzene rings is 1. The fourth-order valence-electron chi connectivity index (χ4n) is 2.05. The summed E-state index contributed by atoms with van der Waals surface area (Å²) < 4.78 is 0. The van der Waals surface area contributed by atoms with Crippen molar-refractivity contribution in [2.75, 3.05) is 26.0 Å². The topological polar surface area (TPSA) is 70.4 Å². The number of thiophene rings is 1. The van der Waals surface area contributed by atoms with E-state index in [2.05, 4.69) is 27.0 Å². The monoisotopic (exact) mass is 350 g/mol. The van der Waals surface area contributed by atoms with Crippen molar-refractivity contribution < 1.29 is 4.92 Å². The quantitative estimate of drug-likeness (QED) is 0.473. The number of nitro benzene ring substituents is 1. The van der Waals surface area contributed by atoms with E-state index in [1.807, 2.05) is 20.2 Å². The van der Waals surface area contributed by atoms with E-state index in [1.165, 1.54) is 17.0 Å². The van der Waals surface area contributed by atoms with E-state index in [-0.39, 0.29) is 11.7 Å².